The van der Waals surface area contributed by atoms with Crippen molar-refractivity contribution < 1.29 is 4.79 Å². The number of carbonyl (C=O) groups excluding carboxylic acids is 1. The Morgan fingerprint density at radius 1 is 1.26 bits per heavy atom. The minimum Gasteiger partial charge on any atom is -0.331 e. The summed E-state index contributed by atoms with van der Waals surface area (Å²) in [6.07, 6.45) is 0. The summed E-state index contributed by atoms with van der Waals surface area (Å²) in [4.78, 5) is 13.1. The van der Waals surface area contributed by atoms with E-state index in [2.05, 4.69) is 10.4 Å². The van der Waals surface area contributed by atoms with Crippen LogP contribution in [0.15, 0.2) is 41.8 Å². The molecule has 0 atom stereocenters. The normalized spacial score (nSPS) is 11.3. The zero-order chi connectivity index (χ0) is 19.1. The first-order valence-electron chi connectivity index (χ1n) is 8.57. The second-order valence-corrected chi connectivity index (χ2v) is 7.86. The Kier molecular flexibility index (Phi) is 4.53. The van der Waals surface area contributed by atoms with Crippen molar-refractivity contribution in [3.05, 3.63) is 69.4 Å². The standard InChI is InChI=1S/C20H19ClN4OS/c1-12-19(13(2)24(3)23-12)22-20(26)17-10-18-16(8-9-27-18)25(17)11-14-6-4-5-7-15(14)21/h4-10H,11H2,1-3H3,(H,22,26). The number of benzene rings is 1. The van der Waals surface area contributed by atoms with E-state index in [1.807, 2.05) is 67.2 Å². The number of nitrogens with zero attached hydrogens (tertiary/aromatic N) is 3. The van der Waals surface area contributed by atoms with E-state index in [0.717, 1.165) is 32.9 Å². The summed E-state index contributed by atoms with van der Waals surface area (Å²) in [5.41, 5.74) is 5.10. The Balaban J connectivity index is 1.74. The van der Waals surface area contributed by atoms with Crippen molar-refractivity contribution in [2.45, 2.75) is 20.4 Å². The Hall–Kier alpha value is -2.57. The third kappa shape index (κ3) is 3.15. The van der Waals surface area contributed by atoms with Crippen molar-refractivity contribution in [1.82, 2.24) is 14.3 Å². The van der Waals surface area contributed by atoms with E-state index in [9.17, 15) is 4.79 Å². The zero-order valence-electron chi connectivity index (χ0n) is 15.3. The van der Waals surface area contributed by atoms with Crippen molar-refractivity contribution >= 4 is 44.7 Å². The molecule has 1 aromatic carbocycles. The maximum absolute atomic E-state index is 13.1. The smallest absolute Gasteiger partial charge is 0.272 e. The molecule has 0 fully saturated rings. The van der Waals surface area contributed by atoms with Crippen LogP contribution in [0.1, 0.15) is 27.4 Å². The van der Waals surface area contributed by atoms with Crippen LogP contribution >= 0.6 is 22.9 Å². The number of thiophene rings is 1. The Bertz CT molecular complexity index is 1150. The number of carbonyl (C=O) groups is 1. The summed E-state index contributed by atoms with van der Waals surface area (Å²) >= 11 is 7.97. The quantitative estimate of drug-likeness (QED) is 0.525. The van der Waals surface area contributed by atoms with Crippen LogP contribution in [0.3, 0.4) is 0 Å². The first-order valence-corrected chi connectivity index (χ1v) is 9.83. The highest BCUT2D eigenvalue weighted by molar-refractivity contribution is 7.17. The molecule has 27 heavy (non-hydrogen) atoms. The molecule has 0 aliphatic carbocycles. The molecule has 1 amide bonds. The second kappa shape index (κ2) is 6.87. The number of amides is 1. The summed E-state index contributed by atoms with van der Waals surface area (Å²) in [6.45, 7) is 4.37. The molecule has 1 N–H and O–H groups in total. The molecule has 0 saturated carbocycles. The lowest BCUT2D eigenvalue weighted by Gasteiger charge is -2.12. The van der Waals surface area contributed by atoms with Gasteiger partial charge in [-0.15, -0.1) is 11.3 Å². The molecule has 4 rings (SSSR count). The van der Waals surface area contributed by atoms with Gasteiger partial charge in [-0.05, 0) is 43.0 Å². The number of nitrogens with one attached hydrogen (secondary N) is 1. The van der Waals surface area contributed by atoms with Crippen molar-refractivity contribution in [3.8, 4) is 0 Å². The van der Waals surface area contributed by atoms with Crippen molar-refractivity contribution in [2.24, 2.45) is 7.05 Å². The van der Waals surface area contributed by atoms with Crippen LogP contribution in [0.5, 0.6) is 0 Å². The van der Waals surface area contributed by atoms with Crippen molar-refractivity contribution in [1.29, 1.82) is 0 Å². The Morgan fingerprint density at radius 2 is 2.04 bits per heavy atom. The molecule has 0 bridgehead atoms. The third-order valence-electron chi connectivity index (χ3n) is 4.79. The van der Waals surface area contributed by atoms with E-state index >= 15 is 0 Å². The molecule has 5 nitrogen and oxygen atoms in total. The van der Waals surface area contributed by atoms with Gasteiger partial charge >= 0.3 is 0 Å². The highest BCUT2D eigenvalue weighted by Gasteiger charge is 2.20. The van der Waals surface area contributed by atoms with E-state index in [1.165, 1.54) is 0 Å². The molecule has 4 aromatic rings. The van der Waals surface area contributed by atoms with E-state index in [1.54, 1.807) is 16.0 Å². The van der Waals surface area contributed by atoms with Gasteiger partial charge in [0.25, 0.3) is 5.91 Å². The van der Waals surface area contributed by atoms with Crippen LogP contribution in [0.2, 0.25) is 5.02 Å². The van der Waals surface area contributed by atoms with Gasteiger partial charge in [0.15, 0.2) is 0 Å². The van der Waals surface area contributed by atoms with Gasteiger partial charge in [0.05, 0.1) is 27.3 Å². The predicted molar refractivity (Wildman–Crippen MR) is 111 cm³/mol. The molecule has 3 heterocycles. The number of aromatic nitrogens is 3. The first kappa shape index (κ1) is 17.8. The largest absolute Gasteiger partial charge is 0.331 e. The Labute approximate surface area is 166 Å². The molecule has 0 radical (unpaired) electrons. The molecular weight excluding hydrogens is 380 g/mol. The number of halogens is 1. The maximum atomic E-state index is 13.1. The van der Waals surface area contributed by atoms with Gasteiger partial charge in [-0.1, -0.05) is 29.8 Å². The molecule has 0 saturated heterocycles. The lowest BCUT2D eigenvalue weighted by Crippen LogP contribution is -2.18. The summed E-state index contributed by atoms with van der Waals surface area (Å²) in [5.74, 6) is -0.148. The first-order chi connectivity index (χ1) is 13.0. The van der Waals surface area contributed by atoms with Crippen LogP contribution in [-0.2, 0) is 13.6 Å². The predicted octanol–water partition coefficient (Wildman–Crippen LogP) is 5.01. The molecule has 0 spiro atoms. The lowest BCUT2D eigenvalue weighted by atomic mass is 10.2. The minimum atomic E-state index is -0.148. The summed E-state index contributed by atoms with van der Waals surface area (Å²) in [6, 6.07) is 11.7. The lowest BCUT2D eigenvalue weighted by molar-refractivity contribution is 0.101. The molecule has 3 aromatic heterocycles. The molecule has 138 valence electrons. The van der Waals surface area contributed by atoms with Gasteiger partial charge in [-0.3, -0.25) is 9.48 Å². The molecule has 7 heteroatoms. The number of hydrogen-bond donors (Lipinski definition) is 1. The summed E-state index contributed by atoms with van der Waals surface area (Å²) in [5, 5.41) is 10.1. The fourth-order valence-electron chi connectivity index (χ4n) is 3.26. The molecule has 0 aliphatic heterocycles. The summed E-state index contributed by atoms with van der Waals surface area (Å²) in [7, 11) is 1.87. The monoisotopic (exact) mass is 398 g/mol. The average molecular weight is 399 g/mol. The van der Waals surface area contributed by atoms with Gasteiger partial charge in [0.1, 0.15) is 5.69 Å². The van der Waals surface area contributed by atoms with Crippen molar-refractivity contribution in [3.63, 3.8) is 0 Å². The zero-order valence-corrected chi connectivity index (χ0v) is 16.9. The van der Waals surface area contributed by atoms with Crippen molar-refractivity contribution in [2.75, 3.05) is 5.32 Å². The van der Waals surface area contributed by atoms with Crippen LogP contribution < -0.4 is 5.32 Å². The number of rotatable bonds is 4. The van der Waals surface area contributed by atoms with Gasteiger partial charge in [0.2, 0.25) is 0 Å². The van der Waals surface area contributed by atoms with Gasteiger partial charge in [-0.2, -0.15) is 5.10 Å². The number of hydrogen-bond acceptors (Lipinski definition) is 3. The fourth-order valence-corrected chi connectivity index (χ4v) is 4.28. The van der Waals surface area contributed by atoms with Gasteiger partial charge < -0.3 is 9.88 Å². The topological polar surface area (TPSA) is 51.9 Å². The van der Waals surface area contributed by atoms with Crippen LogP contribution in [0, 0.1) is 13.8 Å². The number of anilines is 1. The van der Waals surface area contributed by atoms with Crippen LogP contribution in [-0.4, -0.2) is 20.3 Å². The van der Waals surface area contributed by atoms with Crippen LogP contribution in [0.4, 0.5) is 5.69 Å². The third-order valence-corrected chi connectivity index (χ3v) is 6.01. The SMILES string of the molecule is Cc1nn(C)c(C)c1NC(=O)c1cc2sccc2n1Cc1ccccc1Cl. The van der Waals surface area contributed by atoms with Crippen LogP contribution in [0.25, 0.3) is 10.2 Å². The van der Waals surface area contributed by atoms with Gasteiger partial charge in [0, 0.05) is 18.6 Å². The van der Waals surface area contributed by atoms with E-state index in [-0.39, 0.29) is 5.91 Å². The number of fused-ring (bicyclic) bond motifs is 1. The second-order valence-electron chi connectivity index (χ2n) is 6.50. The average Bonchev–Trinajstić information content (AvgIpc) is 3.28. The fraction of sp³-hybridized carbons (Fsp3) is 0.200. The van der Waals surface area contributed by atoms with Gasteiger partial charge in [-0.25, -0.2) is 0 Å². The molecule has 0 unspecified atom stereocenters. The highest BCUT2D eigenvalue weighted by atomic mass is 35.5. The Morgan fingerprint density at radius 3 is 2.74 bits per heavy atom. The summed E-state index contributed by atoms with van der Waals surface area (Å²) < 4.78 is 4.86. The molecular formula is C20H19ClN4OS. The minimum absolute atomic E-state index is 0.148. The number of aryl methyl sites for hydroxylation is 2. The van der Waals surface area contributed by atoms with E-state index < -0.39 is 0 Å². The maximum Gasteiger partial charge on any atom is 0.272 e. The van der Waals surface area contributed by atoms with E-state index in [4.69, 9.17) is 11.6 Å². The van der Waals surface area contributed by atoms with E-state index in [0.29, 0.717) is 17.3 Å². The highest BCUT2D eigenvalue weighted by Crippen LogP contribution is 2.29. The molecule has 0 aliphatic rings.